The second-order valence-corrected chi connectivity index (χ2v) is 8.87. The van der Waals surface area contributed by atoms with Gasteiger partial charge in [-0.15, -0.1) is 0 Å². The molecule has 4 rings (SSSR count). The zero-order valence-corrected chi connectivity index (χ0v) is 18.2. The number of pyridine rings is 1. The molecule has 1 aliphatic carbocycles. The van der Waals surface area contributed by atoms with Crippen LogP contribution >= 0.6 is 0 Å². The molecule has 1 aromatic rings. The fourth-order valence-electron chi connectivity index (χ4n) is 4.44. The molecule has 0 atom stereocenters. The molecule has 7 heteroatoms. The average molecular weight is 414 g/mol. The van der Waals surface area contributed by atoms with Gasteiger partial charge in [0.15, 0.2) is 0 Å². The van der Waals surface area contributed by atoms with E-state index >= 15 is 0 Å². The van der Waals surface area contributed by atoms with Crippen molar-refractivity contribution in [3.63, 3.8) is 0 Å². The molecule has 3 fully saturated rings. The molecule has 3 aliphatic rings. The van der Waals surface area contributed by atoms with Crippen molar-refractivity contribution in [1.29, 1.82) is 0 Å². The first kappa shape index (κ1) is 21.1. The van der Waals surface area contributed by atoms with Crippen molar-refractivity contribution in [2.75, 3.05) is 56.0 Å². The number of carbonyl (C=O) groups is 2. The van der Waals surface area contributed by atoms with Crippen LogP contribution in [0.3, 0.4) is 0 Å². The molecular weight excluding hydrogens is 378 g/mol. The minimum atomic E-state index is 0.0513. The minimum absolute atomic E-state index is 0.0513. The third-order valence-electron chi connectivity index (χ3n) is 6.41. The number of rotatable bonds is 6. The topological polar surface area (TPSA) is 68.8 Å². The van der Waals surface area contributed by atoms with Crippen LogP contribution in [-0.4, -0.2) is 72.4 Å². The highest BCUT2D eigenvalue weighted by Gasteiger charge is 2.31. The first-order chi connectivity index (χ1) is 14.7. The van der Waals surface area contributed by atoms with Crippen LogP contribution in [-0.2, 0) is 4.79 Å². The number of hydrogen-bond acceptors (Lipinski definition) is 5. The van der Waals surface area contributed by atoms with Crippen LogP contribution in [0.4, 0.5) is 11.6 Å². The van der Waals surface area contributed by atoms with Gasteiger partial charge in [-0.3, -0.25) is 14.5 Å². The highest BCUT2D eigenvalue weighted by atomic mass is 16.2. The zero-order chi connectivity index (χ0) is 20.9. The lowest BCUT2D eigenvalue weighted by molar-refractivity contribution is -0.117. The Balaban J connectivity index is 1.54. The summed E-state index contributed by atoms with van der Waals surface area (Å²) in [5, 5.41) is 2.96. The zero-order valence-electron chi connectivity index (χ0n) is 18.2. The van der Waals surface area contributed by atoms with Gasteiger partial charge in [0, 0.05) is 45.2 Å². The first-order valence-electron chi connectivity index (χ1n) is 11.7. The molecule has 2 saturated heterocycles. The predicted octanol–water partition coefficient (Wildman–Crippen LogP) is 2.98. The SMILES string of the molecule is CCCN1CCN(C(=O)c2ccc(NC(=O)C3CC3)nc2N2CCCCCC2)CC1. The lowest BCUT2D eigenvalue weighted by atomic mass is 10.1. The van der Waals surface area contributed by atoms with Crippen LogP contribution < -0.4 is 10.2 Å². The van der Waals surface area contributed by atoms with Gasteiger partial charge in [-0.2, -0.15) is 0 Å². The number of nitrogens with one attached hydrogen (secondary N) is 1. The smallest absolute Gasteiger partial charge is 0.257 e. The minimum Gasteiger partial charge on any atom is -0.356 e. The van der Waals surface area contributed by atoms with Crippen molar-refractivity contribution in [2.24, 2.45) is 5.92 Å². The summed E-state index contributed by atoms with van der Waals surface area (Å²) in [5.74, 6) is 1.56. The maximum absolute atomic E-state index is 13.4. The van der Waals surface area contributed by atoms with E-state index in [1.807, 2.05) is 11.0 Å². The summed E-state index contributed by atoms with van der Waals surface area (Å²) in [5.41, 5.74) is 0.672. The third kappa shape index (κ3) is 5.12. The highest BCUT2D eigenvalue weighted by molar-refractivity contribution is 6.00. The number of piperazine rings is 1. The molecule has 0 radical (unpaired) electrons. The van der Waals surface area contributed by atoms with E-state index in [0.29, 0.717) is 11.4 Å². The quantitative estimate of drug-likeness (QED) is 0.777. The Morgan fingerprint density at radius 1 is 1.00 bits per heavy atom. The Morgan fingerprint density at radius 2 is 1.70 bits per heavy atom. The largest absolute Gasteiger partial charge is 0.356 e. The number of aromatic nitrogens is 1. The molecule has 30 heavy (non-hydrogen) atoms. The second-order valence-electron chi connectivity index (χ2n) is 8.87. The molecule has 3 heterocycles. The number of nitrogens with zero attached hydrogens (tertiary/aromatic N) is 4. The van der Waals surface area contributed by atoms with Gasteiger partial charge in [-0.1, -0.05) is 19.8 Å². The molecule has 0 spiro atoms. The van der Waals surface area contributed by atoms with Crippen molar-refractivity contribution in [1.82, 2.24) is 14.8 Å². The van der Waals surface area contributed by atoms with E-state index < -0.39 is 0 Å². The Hall–Kier alpha value is -2.15. The molecule has 2 aliphatic heterocycles. The maximum Gasteiger partial charge on any atom is 0.257 e. The van der Waals surface area contributed by atoms with Gasteiger partial charge < -0.3 is 15.1 Å². The van der Waals surface area contributed by atoms with E-state index in [4.69, 9.17) is 4.98 Å². The summed E-state index contributed by atoms with van der Waals surface area (Å²) in [6, 6.07) is 3.67. The fraction of sp³-hybridized carbons (Fsp3) is 0.696. The summed E-state index contributed by atoms with van der Waals surface area (Å²) in [4.78, 5) is 37.1. The van der Waals surface area contributed by atoms with Gasteiger partial charge in [0.05, 0.1) is 5.56 Å². The summed E-state index contributed by atoms with van der Waals surface area (Å²) in [6.45, 7) is 8.51. The Bertz CT molecular complexity index is 748. The maximum atomic E-state index is 13.4. The van der Waals surface area contributed by atoms with Crippen LogP contribution in [0.2, 0.25) is 0 Å². The molecule has 1 saturated carbocycles. The van der Waals surface area contributed by atoms with Crippen molar-refractivity contribution in [2.45, 2.75) is 51.9 Å². The van der Waals surface area contributed by atoms with E-state index in [1.165, 1.54) is 12.8 Å². The molecule has 1 aromatic heterocycles. The van der Waals surface area contributed by atoms with Crippen LogP contribution in [0.15, 0.2) is 12.1 Å². The lowest BCUT2D eigenvalue weighted by Gasteiger charge is -2.35. The summed E-state index contributed by atoms with van der Waals surface area (Å²) < 4.78 is 0. The monoisotopic (exact) mass is 413 g/mol. The van der Waals surface area contributed by atoms with Crippen LogP contribution in [0.1, 0.15) is 62.2 Å². The van der Waals surface area contributed by atoms with Gasteiger partial charge in [0.25, 0.3) is 5.91 Å². The molecule has 0 unspecified atom stereocenters. The number of carbonyl (C=O) groups excluding carboxylic acids is 2. The van der Waals surface area contributed by atoms with Gasteiger partial charge in [-0.05, 0) is 50.8 Å². The molecule has 0 bridgehead atoms. The molecule has 0 aromatic carbocycles. The average Bonchev–Trinajstić information content (AvgIpc) is 3.61. The van der Waals surface area contributed by atoms with Crippen LogP contribution in [0, 0.1) is 5.92 Å². The lowest BCUT2D eigenvalue weighted by Crippen LogP contribution is -2.49. The van der Waals surface area contributed by atoms with Crippen LogP contribution in [0.25, 0.3) is 0 Å². The number of amides is 2. The van der Waals surface area contributed by atoms with Crippen LogP contribution in [0.5, 0.6) is 0 Å². The van der Waals surface area contributed by atoms with Crippen molar-refractivity contribution < 1.29 is 9.59 Å². The number of anilines is 2. The summed E-state index contributed by atoms with van der Waals surface area (Å²) in [7, 11) is 0. The van der Waals surface area contributed by atoms with E-state index in [2.05, 4.69) is 22.0 Å². The predicted molar refractivity (Wildman–Crippen MR) is 119 cm³/mol. The Morgan fingerprint density at radius 3 is 2.33 bits per heavy atom. The van der Waals surface area contributed by atoms with Gasteiger partial charge in [-0.25, -0.2) is 4.98 Å². The normalized spacial score (nSPS) is 20.7. The fourth-order valence-corrected chi connectivity index (χ4v) is 4.44. The molecule has 2 amide bonds. The second kappa shape index (κ2) is 9.77. The Kier molecular flexibility index (Phi) is 6.87. The number of hydrogen-bond donors (Lipinski definition) is 1. The Labute approximate surface area is 179 Å². The van der Waals surface area contributed by atoms with Gasteiger partial charge in [0.2, 0.25) is 5.91 Å². The summed E-state index contributed by atoms with van der Waals surface area (Å²) >= 11 is 0. The van der Waals surface area contributed by atoms with Gasteiger partial charge in [0.1, 0.15) is 11.6 Å². The van der Waals surface area contributed by atoms with Crippen molar-refractivity contribution in [3.05, 3.63) is 17.7 Å². The van der Waals surface area contributed by atoms with E-state index in [-0.39, 0.29) is 17.7 Å². The van der Waals surface area contributed by atoms with E-state index in [9.17, 15) is 9.59 Å². The molecule has 164 valence electrons. The van der Waals surface area contributed by atoms with Crippen molar-refractivity contribution in [3.8, 4) is 0 Å². The first-order valence-corrected chi connectivity index (χ1v) is 11.7. The standard InChI is InChI=1S/C23H35N5O2/c1-2-11-26-14-16-28(17-15-26)23(30)19-9-10-20(25-22(29)18-7-8-18)24-21(19)27-12-5-3-4-6-13-27/h9-10,18H,2-8,11-17H2,1H3,(H,24,25,29). The van der Waals surface area contributed by atoms with E-state index in [1.54, 1.807) is 6.07 Å². The summed E-state index contributed by atoms with van der Waals surface area (Å²) in [6.07, 6.45) is 7.74. The third-order valence-corrected chi connectivity index (χ3v) is 6.41. The molecule has 1 N–H and O–H groups in total. The van der Waals surface area contributed by atoms with E-state index in [0.717, 1.165) is 83.7 Å². The van der Waals surface area contributed by atoms with Gasteiger partial charge >= 0.3 is 0 Å². The van der Waals surface area contributed by atoms with Crippen molar-refractivity contribution >= 4 is 23.5 Å². The highest BCUT2D eigenvalue weighted by Crippen LogP contribution is 2.31. The molecule has 7 nitrogen and oxygen atoms in total. The molecular formula is C23H35N5O2.